The van der Waals surface area contributed by atoms with Gasteiger partial charge in [-0.05, 0) is 37.6 Å². The number of methoxy groups -OCH3 is 1. The Morgan fingerprint density at radius 2 is 1.86 bits per heavy atom. The zero-order valence-electron chi connectivity index (χ0n) is 12.1. The normalized spacial score (nSPS) is 14.0. The molecule has 0 aliphatic carbocycles. The number of rotatable bonds is 2. The zero-order chi connectivity index (χ0) is 15.0. The smallest absolute Gasteiger partial charge is 0.258 e. The van der Waals surface area contributed by atoms with Crippen LogP contribution in [0.2, 0.25) is 0 Å². The minimum absolute atomic E-state index is 0.0758. The molecule has 0 spiro atoms. The number of fused-ring (bicyclic) bond motifs is 1. The first kappa shape index (κ1) is 13.5. The molecule has 1 aliphatic rings. The van der Waals surface area contributed by atoms with E-state index in [4.69, 9.17) is 4.74 Å². The minimum Gasteiger partial charge on any atom is -0.504 e. The molecule has 1 heterocycles. The van der Waals surface area contributed by atoms with Crippen molar-refractivity contribution in [2.75, 3.05) is 18.6 Å². The van der Waals surface area contributed by atoms with Gasteiger partial charge in [0.05, 0.1) is 7.11 Å². The number of hydrogen-bond acceptors (Lipinski definition) is 3. The predicted octanol–water partition coefficient (Wildman–Crippen LogP) is 2.91. The van der Waals surface area contributed by atoms with Gasteiger partial charge in [0.2, 0.25) is 0 Å². The first-order valence-electron chi connectivity index (χ1n) is 6.89. The standard InChI is InChI=1S/C17H17NO3/c1-11-3-5-12(6-4-11)18-10-9-13-14(17(18)20)7-8-15(21-2)16(13)19/h3-8,19H,9-10H2,1-2H3. The summed E-state index contributed by atoms with van der Waals surface area (Å²) in [4.78, 5) is 14.4. The maximum atomic E-state index is 12.6. The van der Waals surface area contributed by atoms with Crippen molar-refractivity contribution in [3.8, 4) is 11.5 Å². The van der Waals surface area contributed by atoms with Gasteiger partial charge in [0.15, 0.2) is 11.5 Å². The summed E-state index contributed by atoms with van der Waals surface area (Å²) in [5, 5.41) is 10.1. The van der Waals surface area contributed by atoms with E-state index in [1.165, 1.54) is 7.11 Å². The Morgan fingerprint density at radius 3 is 2.52 bits per heavy atom. The molecular formula is C17H17NO3. The lowest BCUT2D eigenvalue weighted by molar-refractivity contribution is 0.0979. The predicted molar refractivity (Wildman–Crippen MR) is 81.2 cm³/mol. The van der Waals surface area contributed by atoms with Gasteiger partial charge >= 0.3 is 0 Å². The van der Waals surface area contributed by atoms with Crippen molar-refractivity contribution >= 4 is 11.6 Å². The van der Waals surface area contributed by atoms with Gasteiger partial charge < -0.3 is 14.7 Å². The number of carbonyl (C=O) groups is 1. The van der Waals surface area contributed by atoms with Crippen LogP contribution in [0, 0.1) is 6.92 Å². The number of hydrogen-bond donors (Lipinski definition) is 1. The third-order valence-corrected chi connectivity index (χ3v) is 3.87. The molecule has 2 aromatic carbocycles. The maximum Gasteiger partial charge on any atom is 0.258 e. The number of phenols is 1. The summed E-state index contributed by atoms with van der Waals surface area (Å²) in [5.74, 6) is 0.398. The molecule has 0 bridgehead atoms. The van der Waals surface area contributed by atoms with E-state index >= 15 is 0 Å². The first-order chi connectivity index (χ1) is 10.1. The molecular weight excluding hydrogens is 266 g/mol. The van der Waals surface area contributed by atoms with Crippen LogP contribution >= 0.6 is 0 Å². The lowest BCUT2D eigenvalue weighted by Gasteiger charge is -2.29. The Bertz CT molecular complexity index is 692. The summed E-state index contributed by atoms with van der Waals surface area (Å²) in [6, 6.07) is 11.2. The number of aromatic hydroxyl groups is 1. The number of nitrogens with zero attached hydrogens (tertiary/aromatic N) is 1. The molecule has 1 N–H and O–H groups in total. The lowest BCUT2D eigenvalue weighted by atomic mass is 9.97. The third kappa shape index (κ3) is 2.23. The van der Waals surface area contributed by atoms with E-state index < -0.39 is 0 Å². The maximum absolute atomic E-state index is 12.6. The Labute approximate surface area is 123 Å². The van der Waals surface area contributed by atoms with E-state index in [1.54, 1.807) is 17.0 Å². The topological polar surface area (TPSA) is 49.8 Å². The fourth-order valence-electron chi connectivity index (χ4n) is 2.67. The molecule has 1 amide bonds. The molecule has 21 heavy (non-hydrogen) atoms. The van der Waals surface area contributed by atoms with Crippen LogP contribution in [0.25, 0.3) is 0 Å². The number of aryl methyl sites for hydroxylation is 1. The van der Waals surface area contributed by atoms with Gasteiger partial charge in [0, 0.05) is 23.4 Å². The quantitative estimate of drug-likeness (QED) is 0.922. The van der Waals surface area contributed by atoms with E-state index in [0.717, 1.165) is 11.3 Å². The van der Waals surface area contributed by atoms with Gasteiger partial charge in [0.25, 0.3) is 5.91 Å². The van der Waals surface area contributed by atoms with Crippen LogP contribution in [0.4, 0.5) is 5.69 Å². The van der Waals surface area contributed by atoms with E-state index in [-0.39, 0.29) is 11.7 Å². The summed E-state index contributed by atoms with van der Waals surface area (Å²) in [6.07, 6.45) is 0.609. The fraction of sp³-hybridized carbons (Fsp3) is 0.235. The molecule has 3 rings (SSSR count). The van der Waals surface area contributed by atoms with E-state index in [0.29, 0.717) is 29.8 Å². The largest absolute Gasteiger partial charge is 0.504 e. The van der Waals surface area contributed by atoms with Gasteiger partial charge in [0.1, 0.15) is 0 Å². The summed E-state index contributed by atoms with van der Waals surface area (Å²) in [6.45, 7) is 2.57. The molecule has 0 unspecified atom stereocenters. The molecule has 0 saturated heterocycles. The summed E-state index contributed by atoms with van der Waals surface area (Å²) >= 11 is 0. The molecule has 2 aromatic rings. The Kier molecular flexibility index (Phi) is 3.29. The van der Waals surface area contributed by atoms with Crippen LogP contribution in [0.5, 0.6) is 11.5 Å². The molecule has 4 heteroatoms. The minimum atomic E-state index is -0.0851. The van der Waals surface area contributed by atoms with Crippen molar-refractivity contribution in [1.29, 1.82) is 0 Å². The second-order valence-electron chi connectivity index (χ2n) is 5.18. The highest BCUT2D eigenvalue weighted by molar-refractivity contribution is 6.08. The van der Waals surface area contributed by atoms with Crippen LogP contribution < -0.4 is 9.64 Å². The van der Waals surface area contributed by atoms with Crippen LogP contribution in [0.3, 0.4) is 0 Å². The fourth-order valence-corrected chi connectivity index (χ4v) is 2.67. The highest BCUT2D eigenvalue weighted by Gasteiger charge is 2.28. The van der Waals surface area contributed by atoms with Crippen molar-refractivity contribution in [2.45, 2.75) is 13.3 Å². The highest BCUT2D eigenvalue weighted by atomic mass is 16.5. The Balaban J connectivity index is 1.99. The molecule has 0 radical (unpaired) electrons. The van der Waals surface area contributed by atoms with Crippen molar-refractivity contribution in [1.82, 2.24) is 0 Å². The van der Waals surface area contributed by atoms with Crippen LogP contribution in [0.15, 0.2) is 36.4 Å². The molecule has 0 fully saturated rings. The van der Waals surface area contributed by atoms with Gasteiger partial charge in [-0.1, -0.05) is 17.7 Å². The second-order valence-corrected chi connectivity index (χ2v) is 5.18. The summed E-state index contributed by atoms with van der Waals surface area (Å²) in [5.41, 5.74) is 3.25. The van der Waals surface area contributed by atoms with Crippen molar-refractivity contribution in [3.63, 3.8) is 0 Å². The summed E-state index contributed by atoms with van der Waals surface area (Å²) in [7, 11) is 1.50. The average molecular weight is 283 g/mol. The molecule has 0 aromatic heterocycles. The van der Waals surface area contributed by atoms with Crippen LogP contribution in [0.1, 0.15) is 21.5 Å². The van der Waals surface area contributed by atoms with E-state index in [1.807, 2.05) is 31.2 Å². The van der Waals surface area contributed by atoms with Crippen molar-refractivity contribution in [3.05, 3.63) is 53.1 Å². The monoisotopic (exact) mass is 283 g/mol. The molecule has 4 nitrogen and oxygen atoms in total. The van der Waals surface area contributed by atoms with E-state index in [2.05, 4.69) is 0 Å². The van der Waals surface area contributed by atoms with Gasteiger partial charge in [-0.25, -0.2) is 0 Å². The third-order valence-electron chi connectivity index (χ3n) is 3.87. The number of ether oxygens (including phenoxy) is 1. The number of phenolic OH excluding ortho intramolecular Hbond substituents is 1. The number of amides is 1. The highest BCUT2D eigenvalue weighted by Crippen LogP contribution is 2.36. The average Bonchev–Trinajstić information content (AvgIpc) is 2.50. The van der Waals surface area contributed by atoms with Gasteiger partial charge in [-0.3, -0.25) is 4.79 Å². The van der Waals surface area contributed by atoms with Gasteiger partial charge in [-0.2, -0.15) is 0 Å². The summed E-state index contributed by atoms with van der Waals surface area (Å²) < 4.78 is 5.10. The van der Waals surface area contributed by atoms with Crippen molar-refractivity contribution in [2.24, 2.45) is 0 Å². The number of carbonyl (C=O) groups excluding carboxylic acids is 1. The second kappa shape index (κ2) is 5.13. The molecule has 1 aliphatic heterocycles. The SMILES string of the molecule is COc1ccc2c(c1O)CCN(c1ccc(C)cc1)C2=O. The zero-order valence-corrected chi connectivity index (χ0v) is 12.1. The van der Waals surface area contributed by atoms with Crippen molar-refractivity contribution < 1.29 is 14.6 Å². The Morgan fingerprint density at radius 1 is 1.14 bits per heavy atom. The first-order valence-corrected chi connectivity index (χ1v) is 6.89. The van der Waals surface area contributed by atoms with Crippen LogP contribution in [-0.4, -0.2) is 24.7 Å². The number of anilines is 1. The molecule has 0 saturated carbocycles. The lowest BCUT2D eigenvalue weighted by Crippen LogP contribution is -2.37. The number of benzene rings is 2. The molecule has 0 atom stereocenters. The molecule has 108 valence electrons. The Hall–Kier alpha value is -2.49. The van der Waals surface area contributed by atoms with Crippen LogP contribution in [-0.2, 0) is 6.42 Å². The van der Waals surface area contributed by atoms with E-state index in [9.17, 15) is 9.90 Å². The van der Waals surface area contributed by atoms with Gasteiger partial charge in [-0.15, -0.1) is 0 Å².